The summed E-state index contributed by atoms with van der Waals surface area (Å²) in [6.45, 7) is 4.96. The van der Waals surface area contributed by atoms with Gasteiger partial charge in [0.15, 0.2) is 0 Å². The fourth-order valence-electron chi connectivity index (χ4n) is 5.37. The molecule has 1 aliphatic rings. The number of pyridine rings is 1. The lowest BCUT2D eigenvalue weighted by Gasteiger charge is -2.30. The fourth-order valence-corrected chi connectivity index (χ4v) is 6.33. The van der Waals surface area contributed by atoms with Crippen molar-refractivity contribution in [3.05, 3.63) is 83.3 Å². The second-order valence-corrected chi connectivity index (χ2v) is 10.7. The van der Waals surface area contributed by atoms with E-state index >= 15 is 0 Å². The Bertz CT molecular complexity index is 1720. The number of likely N-dealkylation sites (tertiary alicyclic amines) is 1. The van der Waals surface area contributed by atoms with Crippen LogP contribution in [0.25, 0.3) is 43.7 Å². The van der Waals surface area contributed by atoms with Crippen molar-refractivity contribution in [3.63, 3.8) is 0 Å². The maximum absolute atomic E-state index is 6.27. The number of aromatic amines is 1. The van der Waals surface area contributed by atoms with Crippen molar-refractivity contribution < 1.29 is 4.42 Å². The molecule has 0 amide bonds. The minimum Gasteiger partial charge on any atom is -0.420 e. The third kappa shape index (κ3) is 4.22. The Morgan fingerprint density at radius 1 is 1.05 bits per heavy atom. The van der Waals surface area contributed by atoms with Crippen LogP contribution < -0.4 is 0 Å². The summed E-state index contributed by atoms with van der Waals surface area (Å²) in [6.07, 6.45) is 4.00. The lowest BCUT2D eigenvalue weighted by atomic mass is 9.97. The van der Waals surface area contributed by atoms with Gasteiger partial charge in [-0.1, -0.05) is 18.2 Å². The molecule has 7 nitrogen and oxygen atoms in total. The van der Waals surface area contributed by atoms with Crippen molar-refractivity contribution in [3.8, 4) is 22.7 Å². The zero-order valence-electron chi connectivity index (χ0n) is 20.5. The van der Waals surface area contributed by atoms with Crippen LogP contribution in [-0.4, -0.2) is 43.4 Å². The number of aromatic nitrogens is 5. The van der Waals surface area contributed by atoms with Gasteiger partial charge in [-0.25, -0.2) is 0 Å². The Morgan fingerprint density at radius 3 is 2.95 bits per heavy atom. The average molecular weight is 507 g/mol. The minimum absolute atomic E-state index is 0.243. The van der Waals surface area contributed by atoms with Crippen LogP contribution in [0.1, 0.15) is 35.9 Å². The number of nitrogens with one attached hydrogen (secondary N) is 1. The van der Waals surface area contributed by atoms with Gasteiger partial charge in [-0.2, -0.15) is 5.10 Å². The van der Waals surface area contributed by atoms with Gasteiger partial charge in [0.25, 0.3) is 0 Å². The SMILES string of the molecule is Cc1cc(-c2n[nH]c3ccc(-c4nnc([C@@H]5CCCN(Cc6csc7ccccc67)C5)o4)cc23)ccn1. The number of fused-ring (bicyclic) bond motifs is 2. The third-order valence-electron chi connectivity index (χ3n) is 7.23. The Hall–Kier alpha value is -3.88. The normalized spacial score (nSPS) is 16.6. The number of benzene rings is 2. The number of hydrogen-bond acceptors (Lipinski definition) is 7. The van der Waals surface area contributed by atoms with E-state index in [1.807, 2.05) is 48.7 Å². The van der Waals surface area contributed by atoms with Crippen LogP contribution in [0.3, 0.4) is 0 Å². The Labute approximate surface area is 218 Å². The minimum atomic E-state index is 0.243. The zero-order valence-corrected chi connectivity index (χ0v) is 21.3. The van der Waals surface area contributed by atoms with Crippen LogP contribution >= 0.6 is 11.3 Å². The van der Waals surface area contributed by atoms with E-state index in [4.69, 9.17) is 4.42 Å². The molecule has 1 fully saturated rings. The molecule has 7 rings (SSSR count). The van der Waals surface area contributed by atoms with E-state index in [2.05, 4.69) is 66.0 Å². The molecule has 0 radical (unpaired) electrons. The standard InChI is InChI=1S/C29H26N6OS/c1-18-13-19(10-11-30-18)27-24-14-20(8-9-25(24)31-32-27)28-33-34-29(36-28)21-5-4-12-35(15-21)16-22-17-37-26-7-3-2-6-23(22)26/h2-3,6-11,13-14,17,21H,4-5,12,15-16H2,1H3,(H,31,32)/t21-/m1/s1. The van der Waals surface area contributed by atoms with Gasteiger partial charge in [0, 0.05) is 46.2 Å². The molecule has 6 aromatic rings. The van der Waals surface area contributed by atoms with Crippen molar-refractivity contribution in [2.75, 3.05) is 13.1 Å². The van der Waals surface area contributed by atoms with E-state index in [-0.39, 0.29) is 5.92 Å². The molecule has 1 atom stereocenters. The van der Waals surface area contributed by atoms with Gasteiger partial charge in [0.2, 0.25) is 11.8 Å². The summed E-state index contributed by atoms with van der Waals surface area (Å²) < 4.78 is 7.62. The lowest BCUT2D eigenvalue weighted by Crippen LogP contribution is -2.33. The molecule has 0 saturated carbocycles. The highest BCUT2D eigenvalue weighted by molar-refractivity contribution is 7.17. The molecule has 37 heavy (non-hydrogen) atoms. The molecule has 184 valence electrons. The smallest absolute Gasteiger partial charge is 0.247 e. The molecule has 0 bridgehead atoms. The molecule has 2 aromatic carbocycles. The molecule has 5 heterocycles. The monoisotopic (exact) mass is 506 g/mol. The number of piperidine rings is 1. The summed E-state index contributed by atoms with van der Waals surface area (Å²) in [6, 6.07) is 18.8. The number of H-pyrrole nitrogens is 1. The number of thiophene rings is 1. The third-order valence-corrected chi connectivity index (χ3v) is 8.24. The molecule has 1 aliphatic heterocycles. The number of hydrogen-bond donors (Lipinski definition) is 1. The van der Waals surface area contributed by atoms with Crippen molar-refractivity contribution in [2.45, 2.75) is 32.2 Å². The summed E-state index contributed by atoms with van der Waals surface area (Å²) in [5, 5.41) is 21.3. The summed E-state index contributed by atoms with van der Waals surface area (Å²) in [5.41, 5.74) is 6.16. The highest BCUT2D eigenvalue weighted by Crippen LogP contribution is 2.33. The molecule has 1 N–H and O–H groups in total. The summed E-state index contributed by atoms with van der Waals surface area (Å²) >= 11 is 1.82. The van der Waals surface area contributed by atoms with Gasteiger partial charge in [-0.05, 0) is 79.0 Å². The first-order valence-electron chi connectivity index (χ1n) is 12.6. The van der Waals surface area contributed by atoms with E-state index in [0.717, 1.165) is 71.8 Å². The maximum Gasteiger partial charge on any atom is 0.247 e. The first-order valence-corrected chi connectivity index (χ1v) is 13.5. The second-order valence-electron chi connectivity index (χ2n) is 9.80. The van der Waals surface area contributed by atoms with E-state index in [1.54, 1.807) is 0 Å². The van der Waals surface area contributed by atoms with Crippen molar-refractivity contribution in [1.29, 1.82) is 0 Å². The predicted molar refractivity (Wildman–Crippen MR) is 146 cm³/mol. The van der Waals surface area contributed by atoms with Crippen LogP contribution in [0.5, 0.6) is 0 Å². The van der Waals surface area contributed by atoms with Crippen molar-refractivity contribution in [2.24, 2.45) is 0 Å². The first kappa shape index (κ1) is 22.3. The van der Waals surface area contributed by atoms with Crippen molar-refractivity contribution >= 4 is 32.3 Å². The first-order chi connectivity index (χ1) is 18.2. The van der Waals surface area contributed by atoms with Crippen LogP contribution in [-0.2, 0) is 6.54 Å². The molecule has 0 spiro atoms. The molecule has 8 heteroatoms. The van der Waals surface area contributed by atoms with Crippen LogP contribution in [0, 0.1) is 6.92 Å². The van der Waals surface area contributed by atoms with Crippen LogP contribution in [0.2, 0.25) is 0 Å². The van der Waals surface area contributed by atoms with Gasteiger partial charge >= 0.3 is 0 Å². The van der Waals surface area contributed by atoms with Gasteiger partial charge < -0.3 is 4.42 Å². The van der Waals surface area contributed by atoms with Gasteiger partial charge in [0.05, 0.1) is 11.4 Å². The van der Waals surface area contributed by atoms with E-state index in [0.29, 0.717) is 5.89 Å². The lowest BCUT2D eigenvalue weighted by molar-refractivity contribution is 0.187. The van der Waals surface area contributed by atoms with Crippen LogP contribution in [0.15, 0.2) is 70.6 Å². The molecular weight excluding hydrogens is 480 g/mol. The number of nitrogens with zero attached hydrogens (tertiary/aromatic N) is 5. The highest BCUT2D eigenvalue weighted by atomic mass is 32.1. The second kappa shape index (κ2) is 9.21. The summed E-state index contributed by atoms with van der Waals surface area (Å²) in [7, 11) is 0. The number of rotatable bonds is 5. The Kier molecular flexibility index (Phi) is 5.56. The highest BCUT2D eigenvalue weighted by Gasteiger charge is 2.27. The van der Waals surface area contributed by atoms with Gasteiger partial charge in [-0.3, -0.25) is 15.0 Å². The van der Waals surface area contributed by atoms with E-state index in [1.165, 1.54) is 15.6 Å². The molecule has 0 aliphatic carbocycles. The van der Waals surface area contributed by atoms with Gasteiger partial charge in [-0.15, -0.1) is 21.5 Å². The van der Waals surface area contributed by atoms with Crippen LogP contribution in [0.4, 0.5) is 0 Å². The van der Waals surface area contributed by atoms with Crippen molar-refractivity contribution in [1.82, 2.24) is 30.3 Å². The topological polar surface area (TPSA) is 83.7 Å². The Morgan fingerprint density at radius 2 is 2.00 bits per heavy atom. The molecule has 1 saturated heterocycles. The number of aryl methyl sites for hydroxylation is 1. The molecule has 0 unspecified atom stereocenters. The fraction of sp³-hybridized carbons (Fsp3) is 0.241. The zero-order chi connectivity index (χ0) is 24.8. The molecular formula is C29H26N6OS. The largest absolute Gasteiger partial charge is 0.420 e. The summed E-state index contributed by atoms with van der Waals surface area (Å²) in [5.74, 6) is 1.52. The predicted octanol–water partition coefficient (Wildman–Crippen LogP) is 6.58. The molecule has 4 aromatic heterocycles. The van der Waals surface area contributed by atoms with E-state index in [9.17, 15) is 0 Å². The maximum atomic E-state index is 6.27. The van der Waals surface area contributed by atoms with E-state index < -0.39 is 0 Å². The Balaban J connectivity index is 1.13. The van der Waals surface area contributed by atoms with Gasteiger partial charge in [0.1, 0.15) is 5.69 Å². The summed E-state index contributed by atoms with van der Waals surface area (Å²) in [4.78, 5) is 6.83. The quantitative estimate of drug-likeness (QED) is 0.284. The average Bonchev–Trinajstić information content (AvgIpc) is 3.67.